The van der Waals surface area contributed by atoms with Gasteiger partial charge in [0.2, 0.25) is 0 Å². The molecule has 0 amide bonds. The number of nitrogens with one attached hydrogen (secondary N) is 1. The van der Waals surface area contributed by atoms with Crippen LogP contribution in [0.15, 0.2) is 12.8 Å². The molecule has 8 heavy (non-hydrogen) atoms. The highest BCUT2D eigenvalue weighted by Gasteiger charge is 2.10. The van der Waals surface area contributed by atoms with Gasteiger partial charge in [0.05, 0.1) is 0 Å². The lowest BCUT2D eigenvalue weighted by atomic mass is 10.6. The quantitative estimate of drug-likeness (QED) is 0.512. The number of hydrogen-bond acceptors (Lipinski definition) is 1. The first kappa shape index (κ1) is 5.56. The largest absolute Gasteiger partial charge is 0.360 e. The van der Waals surface area contributed by atoms with Gasteiger partial charge in [-0.3, -0.25) is 0 Å². The van der Waals surface area contributed by atoms with Crippen LogP contribution >= 0.6 is 12.2 Å². The highest BCUT2D eigenvalue weighted by molar-refractivity contribution is 7.80. The number of rotatable bonds is 1. The van der Waals surface area contributed by atoms with E-state index in [0.29, 0.717) is 0 Å². The van der Waals surface area contributed by atoms with Crippen LogP contribution in [-0.4, -0.2) is 23.1 Å². The maximum absolute atomic E-state index is 4.88. The lowest BCUT2D eigenvalue weighted by Gasteiger charge is -2.07. The molecule has 0 saturated carbocycles. The van der Waals surface area contributed by atoms with Crippen molar-refractivity contribution < 1.29 is 0 Å². The smallest absolute Gasteiger partial charge is 0.173 e. The minimum absolute atomic E-state index is 0.792. The van der Waals surface area contributed by atoms with E-state index < -0.39 is 0 Å². The van der Waals surface area contributed by atoms with E-state index in [9.17, 15) is 0 Å². The first-order valence-corrected chi connectivity index (χ1v) is 2.92. The van der Waals surface area contributed by atoms with Gasteiger partial charge in [0.1, 0.15) is 0 Å². The van der Waals surface area contributed by atoms with Crippen molar-refractivity contribution in [2.45, 2.75) is 0 Å². The summed E-state index contributed by atoms with van der Waals surface area (Å²) in [5.41, 5.74) is 0. The van der Waals surface area contributed by atoms with Gasteiger partial charge in [0, 0.05) is 13.1 Å². The van der Waals surface area contributed by atoms with E-state index in [1.807, 2.05) is 4.90 Å². The van der Waals surface area contributed by atoms with Crippen molar-refractivity contribution in [2.24, 2.45) is 0 Å². The first-order valence-electron chi connectivity index (χ1n) is 2.51. The van der Waals surface area contributed by atoms with Gasteiger partial charge >= 0.3 is 0 Å². The predicted octanol–water partition coefficient (Wildman–Crippen LogP) is 0.320. The molecule has 0 spiro atoms. The topological polar surface area (TPSA) is 15.3 Å². The zero-order valence-corrected chi connectivity index (χ0v) is 5.37. The second kappa shape index (κ2) is 2.13. The van der Waals surface area contributed by atoms with Crippen molar-refractivity contribution in [1.29, 1.82) is 0 Å². The molecule has 3 heteroatoms. The van der Waals surface area contributed by atoms with Gasteiger partial charge in [-0.1, -0.05) is 6.58 Å². The first-order chi connectivity index (χ1) is 3.84. The summed E-state index contributed by atoms with van der Waals surface area (Å²) in [7, 11) is 0. The Morgan fingerprint density at radius 2 is 2.62 bits per heavy atom. The molecule has 1 fully saturated rings. The molecule has 1 N–H and O–H groups in total. The fourth-order valence-electron chi connectivity index (χ4n) is 0.661. The van der Waals surface area contributed by atoms with E-state index in [4.69, 9.17) is 12.2 Å². The summed E-state index contributed by atoms with van der Waals surface area (Å²) >= 11 is 4.88. The van der Waals surface area contributed by atoms with Crippen molar-refractivity contribution in [1.82, 2.24) is 10.2 Å². The summed E-state index contributed by atoms with van der Waals surface area (Å²) in [6.07, 6.45) is 1.74. The number of hydrogen-bond donors (Lipinski definition) is 1. The summed E-state index contributed by atoms with van der Waals surface area (Å²) in [5, 5.41) is 3.80. The third-order valence-electron chi connectivity index (χ3n) is 1.11. The summed E-state index contributed by atoms with van der Waals surface area (Å²) < 4.78 is 0. The zero-order valence-electron chi connectivity index (χ0n) is 4.55. The summed E-state index contributed by atoms with van der Waals surface area (Å²) in [5.74, 6) is 0. The highest BCUT2D eigenvalue weighted by atomic mass is 32.1. The van der Waals surface area contributed by atoms with E-state index >= 15 is 0 Å². The van der Waals surface area contributed by atoms with Gasteiger partial charge in [0.25, 0.3) is 0 Å². The van der Waals surface area contributed by atoms with Gasteiger partial charge in [-0.05, 0) is 18.4 Å². The summed E-state index contributed by atoms with van der Waals surface area (Å²) in [4.78, 5) is 1.91. The van der Waals surface area contributed by atoms with Gasteiger partial charge < -0.3 is 10.2 Å². The van der Waals surface area contributed by atoms with Crippen LogP contribution in [0.2, 0.25) is 0 Å². The number of thiocarbonyl (C=S) groups is 1. The van der Waals surface area contributed by atoms with Crippen LogP contribution in [0.25, 0.3) is 0 Å². The molecule has 0 aromatic rings. The molecule has 1 saturated heterocycles. The second-order valence-corrected chi connectivity index (χ2v) is 1.99. The van der Waals surface area contributed by atoms with Crippen LogP contribution in [0.5, 0.6) is 0 Å². The molecule has 0 aromatic carbocycles. The monoisotopic (exact) mass is 128 g/mol. The Hall–Kier alpha value is -0.570. The predicted molar refractivity (Wildman–Crippen MR) is 37.5 cm³/mol. The second-order valence-electron chi connectivity index (χ2n) is 1.61. The Morgan fingerprint density at radius 3 is 2.88 bits per heavy atom. The molecule has 0 radical (unpaired) electrons. The molecule has 1 heterocycles. The van der Waals surface area contributed by atoms with Crippen molar-refractivity contribution in [3.8, 4) is 0 Å². The van der Waals surface area contributed by atoms with E-state index in [2.05, 4.69) is 11.9 Å². The molecule has 0 atom stereocenters. The van der Waals surface area contributed by atoms with E-state index in [1.54, 1.807) is 6.20 Å². The molecule has 0 aromatic heterocycles. The van der Waals surface area contributed by atoms with Gasteiger partial charge in [-0.25, -0.2) is 0 Å². The lowest BCUT2D eigenvalue weighted by molar-refractivity contribution is 0.630. The molecular formula is C5H8N2S. The fourth-order valence-corrected chi connectivity index (χ4v) is 0.928. The Bertz CT molecular complexity index is 122. The standard InChI is InChI=1S/C5H8N2S/c1-2-7-4-3-6-5(7)8/h2H,1,3-4H2,(H,6,8). The molecule has 0 bridgehead atoms. The Balaban J connectivity index is 2.54. The van der Waals surface area contributed by atoms with Crippen LogP contribution in [0.1, 0.15) is 0 Å². The Kier molecular flexibility index (Phi) is 1.48. The fraction of sp³-hybridized carbons (Fsp3) is 0.400. The van der Waals surface area contributed by atoms with Crippen molar-refractivity contribution in [3.05, 3.63) is 12.8 Å². The van der Waals surface area contributed by atoms with Crippen LogP contribution in [0.3, 0.4) is 0 Å². The van der Waals surface area contributed by atoms with Gasteiger partial charge in [-0.2, -0.15) is 0 Å². The van der Waals surface area contributed by atoms with Crippen molar-refractivity contribution in [2.75, 3.05) is 13.1 Å². The Morgan fingerprint density at radius 1 is 1.88 bits per heavy atom. The summed E-state index contributed by atoms with van der Waals surface area (Å²) in [6, 6.07) is 0. The highest BCUT2D eigenvalue weighted by Crippen LogP contribution is 1.94. The van der Waals surface area contributed by atoms with Gasteiger partial charge in [0.15, 0.2) is 5.11 Å². The third kappa shape index (κ3) is 0.816. The van der Waals surface area contributed by atoms with Crippen LogP contribution < -0.4 is 5.32 Å². The SMILES string of the molecule is C=CN1CCNC1=S. The van der Waals surface area contributed by atoms with Crippen molar-refractivity contribution in [3.63, 3.8) is 0 Å². The molecule has 44 valence electrons. The minimum Gasteiger partial charge on any atom is -0.360 e. The van der Waals surface area contributed by atoms with Gasteiger partial charge in [-0.15, -0.1) is 0 Å². The molecule has 0 unspecified atom stereocenters. The van der Waals surface area contributed by atoms with Crippen LogP contribution in [-0.2, 0) is 0 Å². The number of nitrogens with zero attached hydrogens (tertiary/aromatic N) is 1. The van der Waals surface area contributed by atoms with Crippen LogP contribution in [0, 0.1) is 0 Å². The minimum atomic E-state index is 0.792. The maximum Gasteiger partial charge on any atom is 0.173 e. The molecule has 1 aliphatic heterocycles. The third-order valence-corrected chi connectivity index (χ3v) is 1.49. The normalized spacial score (nSPS) is 18.5. The summed E-state index contributed by atoms with van der Waals surface area (Å²) in [6.45, 7) is 5.50. The average molecular weight is 128 g/mol. The van der Waals surface area contributed by atoms with Crippen molar-refractivity contribution >= 4 is 17.3 Å². The van der Waals surface area contributed by atoms with E-state index in [1.165, 1.54) is 0 Å². The molecule has 2 nitrogen and oxygen atoms in total. The molecular weight excluding hydrogens is 120 g/mol. The lowest BCUT2D eigenvalue weighted by Crippen LogP contribution is -2.21. The Labute approximate surface area is 54.2 Å². The van der Waals surface area contributed by atoms with E-state index in [-0.39, 0.29) is 0 Å². The zero-order chi connectivity index (χ0) is 5.98. The van der Waals surface area contributed by atoms with Crippen LogP contribution in [0.4, 0.5) is 0 Å². The average Bonchev–Trinajstić information content (AvgIpc) is 2.14. The molecule has 1 rings (SSSR count). The maximum atomic E-state index is 4.88. The molecule has 0 aliphatic carbocycles. The molecule has 1 aliphatic rings. The van der Waals surface area contributed by atoms with E-state index in [0.717, 1.165) is 18.2 Å².